The van der Waals surface area contributed by atoms with Crippen LogP contribution in [0.25, 0.3) is 0 Å². The number of hydrogen-bond acceptors (Lipinski definition) is 7. The van der Waals surface area contributed by atoms with Crippen LogP contribution in [0.5, 0.6) is 0 Å². The highest BCUT2D eigenvalue weighted by molar-refractivity contribution is 7.17. The van der Waals surface area contributed by atoms with Crippen LogP contribution in [-0.2, 0) is 9.47 Å². The number of carbonyl (C=O) groups excluding carboxylic acids is 1. The number of carbonyl (C=O) groups is 1. The Bertz CT molecular complexity index is 359. The molecular weight excluding hydrogens is 256 g/mol. The molecular formula is C10H18N4O3S. The van der Waals surface area contributed by atoms with Gasteiger partial charge in [0.05, 0.1) is 13.2 Å². The topological polar surface area (TPSA) is 85.4 Å². The van der Waals surface area contributed by atoms with Gasteiger partial charge in [0, 0.05) is 27.3 Å². The summed E-state index contributed by atoms with van der Waals surface area (Å²) < 4.78 is 10.1. The second-order valence-electron chi connectivity index (χ2n) is 3.38. The lowest BCUT2D eigenvalue weighted by Gasteiger charge is -2.04. The van der Waals surface area contributed by atoms with Crippen molar-refractivity contribution >= 4 is 22.4 Å². The van der Waals surface area contributed by atoms with E-state index in [-0.39, 0.29) is 5.91 Å². The maximum Gasteiger partial charge on any atom is 0.282 e. The van der Waals surface area contributed by atoms with Crippen LogP contribution in [-0.4, -0.2) is 56.6 Å². The molecule has 0 unspecified atom stereocenters. The van der Waals surface area contributed by atoms with Crippen LogP contribution < -0.4 is 10.6 Å². The number of aromatic nitrogens is 2. The molecule has 102 valence electrons. The molecule has 2 N–H and O–H groups in total. The van der Waals surface area contributed by atoms with Crippen molar-refractivity contribution in [2.24, 2.45) is 0 Å². The third-order valence-corrected chi connectivity index (χ3v) is 2.96. The number of nitrogens with zero attached hydrogens (tertiary/aromatic N) is 2. The number of anilines is 1. The van der Waals surface area contributed by atoms with E-state index in [2.05, 4.69) is 20.8 Å². The van der Waals surface area contributed by atoms with Crippen LogP contribution in [0.4, 0.5) is 5.13 Å². The van der Waals surface area contributed by atoms with Gasteiger partial charge in [0.25, 0.3) is 5.91 Å². The highest BCUT2D eigenvalue weighted by Crippen LogP contribution is 2.13. The first-order chi connectivity index (χ1) is 8.77. The predicted octanol–water partition coefficient (Wildman–Crippen LogP) is 0.363. The Labute approximate surface area is 110 Å². The van der Waals surface area contributed by atoms with Gasteiger partial charge in [-0.3, -0.25) is 4.79 Å². The number of hydrogen-bond donors (Lipinski definition) is 2. The number of methoxy groups -OCH3 is 1. The minimum atomic E-state index is -0.203. The fourth-order valence-electron chi connectivity index (χ4n) is 1.11. The Hall–Kier alpha value is -1.25. The monoisotopic (exact) mass is 274 g/mol. The van der Waals surface area contributed by atoms with Gasteiger partial charge in [-0.25, -0.2) is 0 Å². The van der Waals surface area contributed by atoms with Crippen molar-refractivity contribution < 1.29 is 14.3 Å². The third-order valence-electron chi connectivity index (χ3n) is 2.02. The third kappa shape index (κ3) is 5.39. The molecule has 1 amide bonds. The summed E-state index contributed by atoms with van der Waals surface area (Å²) in [5.74, 6) is -0.203. The maximum atomic E-state index is 11.6. The summed E-state index contributed by atoms with van der Waals surface area (Å²) in [6.07, 6.45) is 0.757. The molecule has 0 atom stereocenters. The molecule has 18 heavy (non-hydrogen) atoms. The number of rotatable bonds is 9. The number of ether oxygens (including phenoxy) is 2. The molecule has 1 aromatic heterocycles. The summed E-state index contributed by atoms with van der Waals surface area (Å²) in [5, 5.41) is 14.1. The molecule has 0 aromatic carbocycles. The summed E-state index contributed by atoms with van der Waals surface area (Å²) in [6.45, 7) is 2.32. The van der Waals surface area contributed by atoms with Gasteiger partial charge in [0.15, 0.2) is 0 Å². The van der Waals surface area contributed by atoms with E-state index < -0.39 is 0 Å². The largest absolute Gasteiger partial charge is 0.382 e. The molecule has 0 spiro atoms. The second kappa shape index (κ2) is 8.78. The summed E-state index contributed by atoms with van der Waals surface area (Å²) >= 11 is 1.22. The van der Waals surface area contributed by atoms with Crippen molar-refractivity contribution in [3.63, 3.8) is 0 Å². The zero-order valence-electron chi connectivity index (χ0n) is 10.6. The van der Waals surface area contributed by atoms with Gasteiger partial charge in [-0.2, -0.15) is 0 Å². The van der Waals surface area contributed by atoms with E-state index in [9.17, 15) is 4.79 Å². The van der Waals surface area contributed by atoms with Crippen LogP contribution >= 0.6 is 11.3 Å². The van der Waals surface area contributed by atoms with E-state index in [0.717, 1.165) is 6.42 Å². The lowest BCUT2D eigenvalue weighted by Crippen LogP contribution is -2.25. The quantitative estimate of drug-likeness (QED) is 0.633. The summed E-state index contributed by atoms with van der Waals surface area (Å²) in [6, 6.07) is 0. The zero-order chi connectivity index (χ0) is 13.2. The zero-order valence-corrected chi connectivity index (χ0v) is 11.4. The average Bonchev–Trinajstić information content (AvgIpc) is 2.86. The normalized spacial score (nSPS) is 10.3. The van der Waals surface area contributed by atoms with Gasteiger partial charge in [-0.1, -0.05) is 11.3 Å². The predicted molar refractivity (Wildman–Crippen MR) is 69.1 cm³/mol. The van der Waals surface area contributed by atoms with Crippen LogP contribution in [0.15, 0.2) is 0 Å². The van der Waals surface area contributed by atoms with Crippen LogP contribution in [0.3, 0.4) is 0 Å². The lowest BCUT2D eigenvalue weighted by molar-refractivity contribution is 0.0688. The van der Waals surface area contributed by atoms with E-state index in [1.54, 1.807) is 14.2 Å². The first-order valence-corrected chi connectivity index (χ1v) is 6.45. The van der Waals surface area contributed by atoms with Gasteiger partial charge < -0.3 is 20.1 Å². The second-order valence-corrected chi connectivity index (χ2v) is 4.35. The van der Waals surface area contributed by atoms with E-state index in [4.69, 9.17) is 9.47 Å². The van der Waals surface area contributed by atoms with Crippen molar-refractivity contribution in [3.8, 4) is 0 Å². The molecule has 0 aliphatic rings. The number of nitrogens with one attached hydrogen (secondary N) is 2. The minimum absolute atomic E-state index is 0.203. The van der Waals surface area contributed by atoms with E-state index >= 15 is 0 Å². The molecule has 8 heteroatoms. The van der Waals surface area contributed by atoms with Crippen LogP contribution in [0.2, 0.25) is 0 Å². The van der Waals surface area contributed by atoms with Crippen molar-refractivity contribution in [2.45, 2.75) is 6.42 Å². The Morgan fingerprint density at radius 2 is 2.17 bits per heavy atom. The Kier molecular flexibility index (Phi) is 7.23. The lowest BCUT2D eigenvalue weighted by atomic mass is 10.4. The van der Waals surface area contributed by atoms with Crippen molar-refractivity contribution in [1.29, 1.82) is 0 Å². The molecule has 0 aliphatic carbocycles. The van der Waals surface area contributed by atoms with Crippen molar-refractivity contribution in [1.82, 2.24) is 15.5 Å². The summed E-state index contributed by atoms with van der Waals surface area (Å²) in [4.78, 5) is 11.6. The minimum Gasteiger partial charge on any atom is -0.382 e. The fourth-order valence-corrected chi connectivity index (χ4v) is 1.73. The molecule has 1 rings (SSSR count). The Balaban J connectivity index is 2.10. The van der Waals surface area contributed by atoms with Crippen LogP contribution in [0, 0.1) is 0 Å². The highest BCUT2D eigenvalue weighted by Gasteiger charge is 2.10. The molecule has 0 saturated carbocycles. The van der Waals surface area contributed by atoms with Gasteiger partial charge in [-0.05, 0) is 6.42 Å². The first kappa shape index (κ1) is 14.8. The van der Waals surface area contributed by atoms with E-state index in [0.29, 0.717) is 36.5 Å². The molecule has 7 nitrogen and oxygen atoms in total. The van der Waals surface area contributed by atoms with E-state index in [1.165, 1.54) is 11.3 Å². The van der Waals surface area contributed by atoms with E-state index in [1.807, 2.05) is 0 Å². The highest BCUT2D eigenvalue weighted by atomic mass is 32.1. The van der Waals surface area contributed by atoms with Gasteiger partial charge in [0.2, 0.25) is 10.1 Å². The maximum absolute atomic E-state index is 11.6. The molecule has 0 saturated heterocycles. The summed E-state index contributed by atoms with van der Waals surface area (Å²) in [5.41, 5.74) is 0. The first-order valence-electron chi connectivity index (χ1n) is 5.64. The molecule has 0 radical (unpaired) electrons. The van der Waals surface area contributed by atoms with Gasteiger partial charge in [-0.15, -0.1) is 10.2 Å². The molecule has 0 bridgehead atoms. The molecule has 0 aliphatic heterocycles. The fraction of sp³-hybridized carbons (Fsp3) is 0.700. The standard InChI is InChI=1S/C10H18N4O3S/c1-11-10-14-13-9(18-10)8(15)12-4-3-5-17-7-6-16-2/h3-7H2,1-2H3,(H,11,14)(H,12,15). The molecule has 1 heterocycles. The van der Waals surface area contributed by atoms with Crippen molar-refractivity contribution in [2.75, 3.05) is 45.8 Å². The Morgan fingerprint density at radius 1 is 1.33 bits per heavy atom. The van der Waals surface area contributed by atoms with Gasteiger partial charge >= 0.3 is 0 Å². The summed E-state index contributed by atoms with van der Waals surface area (Å²) in [7, 11) is 3.37. The molecule has 1 aromatic rings. The smallest absolute Gasteiger partial charge is 0.282 e. The molecule has 0 fully saturated rings. The average molecular weight is 274 g/mol. The Morgan fingerprint density at radius 3 is 2.83 bits per heavy atom. The van der Waals surface area contributed by atoms with Crippen molar-refractivity contribution in [3.05, 3.63) is 5.01 Å². The van der Waals surface area contributed by atoms with Crippen LogP contribution in [0.1, 0.15) is 16.2 Å². The number of amides is 1. The SMILES string of the molecule is CNc1nnc(C(=O)NCCCOCCOC)s1. The van der Waals surface area contributed by atoms with Gasteiger partial charge in [0.1, 0.15) is 0 Å².